The summed E-state index contributed by atoms with van der Waals surface area (Å²) in [7, 11) is 0. The van der Waals surface area contributed by atoms with Gasteiger partial charge in [-0.05, 0) is 162 Å². The SMILES string of the molecule is CC(C)(C)C(=O)[O-].CC(C)(C)C(=O)[O-].CC(C)=O.CC(C)=O.CC(C)=O.CC1(C)N=C(c2cc([N+](=O)[O-])ccc2[O-])[N+](=O)C1(C)C.CC1(C)N=C(c2cc([N+](=O)[O-])ccc2[O-])[N+](=O)C1(C)C.CC1(C)NC(c2cc([N+](=O)[O-])ccc2[O-])=[N+]([O-])C1(C)C.CC1(C)NC(c2cc([N+](=O)[O-])ccc2[O-])=[N+]([O-])C1(C)C.CCCCCCC.[Co+2].[Co].[Co]. The summed E-state index contributed by atoms with van der Waals surface area (Å²) in [5.74, 6) is -3.21. The largest absolute Gasteiger partial charge is 2.00 e. The number of benzene rings is 4. The van der Waals surface area contributed by atoms with Crippen LogP contribution in [0.3, 0.4) is 0 Å². The third kappa shape index (κ3) is 32.0. The summed E-state index contributed by atoms with van der Waals surface area (Å²) in [6.07, 6.45) is 7.01. The summed E-state index contributed by atoms with van der Waals surface area (Å²) in [6, 6.07) is 13.3. The molecule has 653 valence electrons. The Balaban J connectivity index is -0.000000415. The van der Waals surface area contributed by atoms with E-state index < -0.39 is 110 Å². The number of nitro benzene ring substituents is 4. The Morgan fingerprint density at radius 1 is 0.397 bits per heavy atom. The van der Waals surface area contributed by atoms with Crippen LogP contribution in [0.5, 0.6) is 23.0 Å². The van der Waals surface area contributed by atoms with Crippen molar-refractivity contribution >= 4 is 75.4 Å². The summed E-state index contributed by atoms with van der Waals surface area (Å²) >= 11 is 0. The van der Waals surface area contributed by atoms with Gasteiger partial charge in [0.2, 0.25) is 0 Å². The number of carbonyl (C=O) groups excluding carboxylic acids is 5. The average molecular weight is 1760 g/mol. The van der Waals surface area contributed by atoms with E-state index >= 15 is 0 Å². The number of carboxylic acids is 2. The summed E-state index contributed by atoms with van der Waals surface area (Å²) < 4.78 is 2.75. The molecule has 0 saturated carbocycles. The molecule has 0 aliphatic carbocycles. The fourth-order valence-electron chi connectivity index (χ4n) is 8.60. The van der Waals surface area contributed by atoms with Crippen LogP contribution in [0.25, 0.3) is 0 Å². The first-order chi connectivity index (χ1) is 50.8. The van der Waals surface area contributed by atoms with Crippen LogP contribution in [0.1, 0.15) is 262 Å². The molecule has 0 amide bonds. The van der Waals surface area contributed by atoms with E-state index in [4.69, 9.17) is 0 Å². The van der Waals surface area contributed by atoms with Crippen molar-refractivity contribution in [2.24, 2.45) is 20.8 Å². The molecule has 3 radical (unpaired) electrons. The van der Waals surface area contributed by atoms with Crippen molar-refractivity contribution in [1.29, 1.82) is 0 Å². The molecule has 116 heavy (non-hydrogen) atoms. The van der Waals surface area contributed by atoms with Gasteiger partial charge in [-0.1, -0.05) is 155 Å². The van der Waals surface area contributed by atoms with Gasteiger partial charge in [0, 0.05) is 105 Å². The number of rotatable bonds is 12. The zero-order valence-electron chi connectivity index (χ0n) is 71.8. The van der Waals surface area contributed by atoms with E-state index in [0.717, 1.165) is 72.8 Å². The number of ketones is 3. The zero-order valence-corrected chi connectivity index (χ0v) is 74.9. The van der Waals surface area contributed by atoms with E-state index in [9.17, 15) is 115 Å². The molecule has 0 spiro atoms. The Morgan fingerprint density at radius 3 is 0.733 bits per heavy atom. The third-order valence-corrected chi connectivity index (χ3v) is 18.6. The molecule has 2 N–H and O–H groups in total. The molecule has 38 heteroatoms. The van der Waals surface area contributed by atoms with E-state index in [1.807, 2.05) is 27.7 Å². The summed E-state index contributed by atoms with van der Waals surface area (Å²) in [5, 5.41) is 141. The van der Waals surface area contributed by atoms with Crippen LogP contribution in [-0.2, 0) is 74.3 Å². The normalized spacial score (nSPS) is 16.3. The number of aliphatic imine (C=N–C) groups is 2. The van der Waals surface area contributed by atoms with Gasteiger partial charge in [-0.25, -0.2) is 0 Å². The number of carboxylic acid groups (broad SMARTS) is 2. The molecule has 0 fully saturated rings. The molecule has 0 atom stereocenters. The number of unbranched alkanes of at least 4 members (excludes halogenated alkanes) is 4. The molecular weight excluding hydrogens is 1650 g/mol. The first-order valence-corrected chi connectivity index (χ1v) is 35.9. The number of carbonyl (C=O) groups is 5. The van der Waals surface area contributed by atoms with Gasteiger partial charge in [-0.3, -0.25) is 60.6 Å². The molecule has 4 aromatic rings. The third-order valence-electron chi connectivity index (χ3n) is 18.6. The van der Waals surface area contributed by atoms with E-state index in [2.05, 4.69) is 34.5 Å². The first-order valence-electron chi connectivity index (χ1n) is 35.9. The molecule has 4 aliphatic heterocycles. The van der Waals surface area contributed by atoms with Gasteiger partial charge >= 0.3 is 28.5 Å². The van der Waals surface area contributed by atoms with Crippen LogP contribution >= 0.6 is 0 Å². The maximum absolute atomic E-state index is 12.4. The van der Waals surface area contributed by atoms with Crippen molar-refractivity contribution in [2.45, 2.75) is 284 Å². The number of nitrogens with zero attached hydrogens (tertiary/aromatic N) is 10. The topological polar surface area (TPSA) is 537 Å². The maximum atomic E-state index is 12.4. The monoisotopic (exact) mass is 1760 g/mol. The number of nitro groups is 4. The Labute approximate surface area is 709 Å². The van der Waals surface area contributed by atoms with Crippen molar-refractivity contribution in [1.82, 2.24) is 10.6 Å². The van der Waals surface area contributed by atoms with Crippen LogP contribution in [0.2, 0.25) is 0 Å². The molecule has 0 aromatic heterocycles. The Morgan fingerprint density at radius 2 is 0.586 bits per heavy atom. The Hall–Kier alpha value is -9.77. The molecule has 4 aliphatic rings. The molecule has 0 unspecified atom stereocenters. The van der Waals surface area contributed by atoms with Gasteiger partial charge in [-0.2, -0.15) is 0 Å². The van der Waals surface area contributed by atoms with Gasteiger partial charge in [-0.15, -0.1) is 0 Å². The Kier molecular flexibility index (Phi) is 45.2. The number of nitrogens with one attached hydrogen (secondary N) is 2. The van der Waals surface area contributed by atoms with Gasteiger partial charge in [0.25, 0.3) is 34.4 Å². The van der Waals surface area contributed by atoms with Crippen molar-refractivity contribution < 1.29 is 144 Å². The second-order valence-corrected chi connectivity index (χ2v) is 33.2. The van der Waals surface area contributed by atoms with E-state index in [0.29, 0.717) is 19.0 Å². The zero-order chi connectivity index (χ0) is 89.6. The quantitative estimate of drug-likeness (QED) is 0.0437. The summed E-state index contributed by atoms with van der Waals surface area (Å²) in [4.78, 5) is 122. The minimum Gasteiger partial charge on any atom is -0.872 e. The smallest absolute Gasteiger partial charge is 0.872 e. The van der Waals surface area contributed by atoms with Crippen molar-refractivity contribution in [3.8, 4) is 23.0 Å². The average Bonchev–Trinajstić information content (AvgIpc) is 1.61. The number of aliphatic carboxylic acids is 2. The van der Waals surface area contributed by atoms with Gasteiger partial charge in [0.05, 0.1) is 41.9 Å². The minimum atomic E-state index is -1.01. The standard InChI is InChI=1S/2C13H17N3O4.2C13H15N3O4.C7H16.2C5H10O2.3C3H6O.3Co/c4*1-12(2)13(3,4)15(18)11(14-12)9-7-8(16(19)20)5-6-10(9)17;1-3-5-7-6-4-2;2*1-5(2,3)4(6)7;3*1-3(2)4;;;/h2*5-7,14,17H,1-4H3;2*5-7H,1-4H3;3-7H2,1-2H3;2*1-3H3,(H,6,7);3*1-2H3;;;/q;;;;;;;;;;;;+2/p-4. The van der Waals surface area contributed by atoms with Crippen LogP contribution in [0.4, 0.5) is 22.7 Å². The first kappa shape index (κ1) is 115. The fraction of sp³-hybridized carbons (Fsp3) is 0.577. The predicted molar refractivity (Wildman–Crippen MR) is 417 cm³/mol. The minimum absolute atomic E-state index is 0. The second-order valence-electron chi connectivity index (χ2n) is 33.2. The molecule has 35 nitrogen and oxygen atoms in total. The predicted octanol–water partition coefficient (Wildman–Crippen LogP) is 10.0. The molecule has 0 saturated heterocycles. The molecule has 4 heterocycles. The number of hydrogen-bond donors (Lipinski definition) is 2. The maximum Gasteiger partial charge on any atom is 2.00 e. The van der Waals surface area contributed by atoms with Gasteiger partial charge in [0.1, 0.15) is 39.5 Å². The van der Waals surface area contributed by atoms with E-state index in [1.54, 1.807) is 125 Å². The molecule has 0 bridgehead atoms. The van der Waals surface area contributed by atoms with Crippen molar-refractivity contribution in [3.63, 3.8) is 0 Å². The number of amidine groups is 4. The van der Waals surface area contributed by atoms with Crippen molar-refractivity contribution in [3.05, 3.63) is 156 Å². The number of nitroso groups, excluding NO2 is 2. The molecular formula is C78H114Co3N12O23-2. The van der Waals surface area contributed by atoms with Crippen LogP contribution in [0.15, 0.2) is 82.8 Å². The van der Waals surface area contributed by atoms with Crippen LogP contribution < -0.4 is 41.3 Å². The Bertz CT molecular complexity index is 3910. The van der Waals surface area contributed by atoms with E-state index in [1.165, 1.54) is 73.6 Å². The number of non-ortho nitro benzene ring substituents is 4. The van der Waals surface area contributed by atoms with E-state index in [-0.39, 0.29) is 136 Å². The van der Waals surface area contributed by atoms with Crippen molar-refractivity contribution in [2.75, 3.05) is 0 Å². The summed E-state index contributed by atoms with van der Waals surface area (Å²) in [6.45, 7) is 51.6. The molecule has 4 aromatic carbocycles. The number of Topliss-reactive ketones (excluding diaryl/α,β-unsaturated/α-hetero) is 3. The summed E-state index contributed by atoms with van der Waals surface area (Å²) in [5.41, 5.74) is -8.07. The van der Waals surface area contributed by atoms with Gasteiger partial charge in [0.15, 0.2) is 22.2 Å². The molecule has 8 rings (SSSR count). The van der Waals surface area contributed by atoms with Crippen LogP contribution in [0, 0.1) is 71.5 Å². The second kappa shape index (κ2) is 45.7. The van der Waals surface area contributed by atoms with Gasteiger partial charge < -0.3 is 65.0 Å². The fourth-order valence-corrected chi connectivity index (χ4v) is 8.60. The number of hydrogen-bond acceptors (Lipinski definition) is 27. The number of hydroxylamine groups is 2. The van der Waals surface area contributed by atoms with Crippen LogP contribution in [-0.4, -0.2) is 136 Å².